The summed E-state index contributed by atoms with van der Waals surface area (Å²) in [6.45, 7) is 2.04. The lowest BCUT2D eigenvalue weighted by Gasteiger charge is -2.10. The van der Waals surface area contributed by atoms with E-state index in [2.05, 4.69) is 0 Å². The van der Waals surface area contributed by atoms with Gasteiger partial charge in [0.15, 0.2) is 6.29 Å². The second-order valence-corrected chi connectivity index (χ2v) is 4.01. The quantitative estimate of drug-likeness (QED) is 0.657. The van der Waals surface area contributed by atoms with Gasteiger partial charge in [-0.15, -0.1) is 0 Å². The Morgan fingerprint density at radius 1 is 1.45 bits per heavy atom. The molecule has 1 heterocycles. The molecule has 2 nitrogen and oxygen atoms in total. The third kappa shape index (κ3) is 1.74. The van der Waals surface area contributed by atoms with Gasteiger partial charge in [-0.1, -0.05) is 12.8 Å². The molecular formula is C9H16O2. The lowest BCUT2D eigenvalue weighted by Crippen LogP contribution is -2.15. The van der Waals surface area contributed by atoms with Crippen LogP contribution in [-0.4, -0.2) is 17.5 Å². The van der Waals surface area contributed by atoms with Gasteiger partial charge in [0.1, 0.15) is 0 Å². The van der Waals surface area contributed by atoms with Crippen molar-refractivity contribution in [3.63, 3.8) is 0 Å². The van der Waals surface area contributed by atoms with Crippen LogP contribution in [0.4, 0.5) is 0 Å². The molecule has 0 aromatic rings. The van der Waals surface area contributed by atoms with Crippen LogP contribution < -0.4 is 0 Å². The van der Waals surface area contributed by atoms with Gasteiger partial charge in [-0.2, -0.15) is 0 Å². The van der Waals surface area contributed by atoms with Crippen molar-refractivity contribution in [3.05, 3.63) is 0 Å². The summed E-state index contributed by atoms with van der Waals surface area (Å²) in [6.07, 6.45) is 4.79. The lowest BCUT2D eigenvalue weighted by atomic mass is 9.98. The molecule has 2 rings (SSSR count). The lowest BCUT2D eigenvalue weighted by molar-refractivity contribution is -0.105. The average molecular weight is 156 g/mol. The minimum atomic E-state index is -0.467. The second kappa shape index (κ2) is 2.76. The van der Waals surface area contributed by atoms with Gasteiger partial charge in [0.2, 0.25) is 0 Å². The van der Waals surface area contributed by atoms with E-state index in [0.717, 1.165) is 12.3 Å². The third-order valence-corrected chi connectivity index (χ3v) is 2.74. The van der Waals surface area contributed by atoms with E-state index in [0.29, 0.717) is 5.92 Å². The third-order valence-electron chi connectivity index (χ3n) is 2.74. The average Bonchev–Trinajstić information content (AvgIpc) is 2.64. The van der Waals surface area contributed by atoms with Crippen molar-refractivity contribution in [1.29, 1.82) is 0 Å². The Labute approximate surface area is 67.6 Å². The predicted octanol–water partition coefficient (Wildman–Crippen LogP) is 1.53. The number of ether oxygens (including phenoxy) is 1. The monoisotopic (exact) mass is 156 g/mol. The van der Waals surface area contributed by atoms with E-state index in [9.17, 15) is 5.11 Å². The maximum atomic E-state index is 9.41. The molecule has 0 radical (unpaired) electrons. The zero-order valence-corrected chi connectivity index (χ0v) is 6.99. The molecule has 1 N–H and O–H groups in total. The molecule has 1 aliphatic carbocycles. The number of hydrogen-bond donors (Lipinski definition) is 1. The zero-order chi connectivity index (χ0) is 7.84. The van der Waals surface area contributed by atoms with Crippen LogP contribution in [0.1, 0.15) is 32.6 Å². The molecule has 2 aliphatic rings. The van der Waals surface area contributed by atoms with Crippen LogP contribution in [0.25, 0.3) is 0 Å². The fraction of sp³-hybridized carbons (Fsp3) is 1.00. The van der Waals surface area contributed by atoms with Crippen LogP contribution in [0.5, 0.6) is 0 Å². The van der Waals surface area contributed by atoms with Crippen LogP contribution in [0.15, 0.2) is 0 Å². The Bertz CT molecular complexity index is 142. The Morgan fingerprint density at radius 3 is 2.64 bits per heavy atom. The van der Waals surface area contributed by atoms with Gasteiger partial charge in [0, 0.05) is 5.92 Å². The summed E-state index contributed by atoms with van der Waals surface area (Å²) in [7, 11) is 0. The van der Waals surface area contributed by atoms with Crippen LogP contribution in [-0.2, 0) is 4.74 Å². The zero-order valence-electron chi connectivity index (χ0n) is 6.99. The highest BCUT2D eigenvalue weighted by Crippen LogP contribution is 2.40. The van der Waals surface area contributed by atoms with E-state index in [1.807, 2.05) is 6.92 Å². The first-order chi connectivity index (χ1) is 5.25. The highest BCUT2D eigenvalue weighted by Gasteiger charge is 2.35. The summed E-state index contributed by atoms with van der Waals surface area (Å²) < 4.78 is 5.26. The van der Waals surface area contributed by atoms with Gasteiger partial charge in [0.25, 0.3) is 0 Å². The van der Waals surface area contributed by atoms with E-state index in [1.54, 1.807) is 0 Å². The van der Waals surface area contributed by atoms with E-state index < -0.39 is 6.29 Å². The summed E-state index contributed by atoms with van der Waals surface area (Å²) in [4.78, 5) is 0. The van der Waals surface area contributed by atoms with Crippen molar-refractivity contribution in [2.45, 2.75) is 45.0 Å². The maximum Gasteiger partial charge on any atom is 0.157 e. The number of aliphatic hydroxyl groups excluding tert-OH is 1. The van der Waals surface area contributed by atoms with Crippen LogP contribution in [0.2, 0.25) is 0 Å². The highest BCUT2D eigenvalue weighted by atomic mass is 16.6. The fourth-order valence-electron chi connectivity index (χ4n) is 1.94. The summed E-state index contributed by atoms with van der Waals surface area (Å²) >= 11 is 0. The summed E-state index contributed by atoms with van der Waals surface area (Å²) in [6, 6.07) is 0. The molecule has 0 bridgehead atoms. The number of hydrogen-bond acceptors (Lipinski definition) is 2. The largest absolute Gasteiger partial charge is 0.368 e. The van der Waals surface area contributed by atoms with Crippen molar-refractivity contribution in [2.24, 2.45) is 11.8 Å². The van der Waals surface area contributed by atoms with E-state index in [-0.39, 0.29) is 6.10 Å². The molecule has 3 unspecified atom stereocenters. The van der Waals surface area contributed by atoms with E-state index in [4.69, 9.17) is 4.74 Å². The van der Waals surface area contributed by atoms with Crippen molar-refractivity contribution < 1.29 is 9.84 Å². The Balaban J connectivity index is 1.82. The minimum Gasteiger partial charge on any atom is -0.368 e. The van der Waals surface area contributed by atoms with E-state index in [1.165, 1.54) is 19.3 Å². The first kappa shape index (κ1) is 7.56. The Hall–Kier alpha value is -0.0800. The fourth-order valence-corrected chi connectivity index (χ4v) is 1.94. The predicted molar refractivity (Wildman–Crippen MR) is 42.0 cm³/mol. The topological polar surface area (TPSA) is 29.5 Å². The molecule has 2 heteroatoms. The smallest absolute Gasteiger partial charge is 0.157 e. The van der Waals surface area contributed by atoms with Crippen molar-refractivity contribution >= 4 is 0 Å². The molecule has 0 spiro atoms. The number of rotatable bonds is 2. The summed E-state index contributed by atoms with van der Waals surface area (Å²) in [5, 5.41) is 9.41. The Kier molecular flexibility index (Phi) is 1.90. The highest BCUT2D eigenvalue weighted by molar-refractivity contribution is 4.82. The van der Waals surface area contributed by atoms with Crippen molar-refractivity contribution in [2.75, 3.05) is 0 Å². The van der Waals surface area contributed by atoms with E-state index >= 15 is 0 Å². The first-order valence-corrected chi connectivity index (χ1v) is 4.59. The molecule has 11 heavy (non-hydrogen) atoms. The van der Waals surface area contributed by atoms with Crippen LogP contribution in [0, 0.1) is 11.8 Å². The van der Waals surface area contributed by atoms with Gasteiger partial charge >= 0.3 is 0 Å². The van der Waals surface area contributed by atoms with Crippen molar-refractivity contribution in [3.8, 4) is 0 Å². The molecule has 3 atom stereocenters. The SMILES string of the molecule is CC1CC(CC2CC2)C(O)O1. The summed E-state index contributed by atoms with van der Waals surface area (Å²) in [5.74, 6) is 1.33. The molecule has 1 saturated heterocycles. The van der Waals surface area contributed by atoms with Crippen molar-refractivity contribution in [1.82, 2.24) is 0 Å². The number of aliphatic hydroxyl groups is 1. The molecule has 1 aliphatic heterocycles. The molecule has 64 valence electrons. The summed E-state index contributed by atoms with van der Waals surface area (Å²) in [5.41, 5.74) is 0. The first-order valence-electron chi connectivity index (χ1n) is 4.59. The molecule has 1 saturated carbocycles. The molecule has 0 aromatic heterocycles. The molecule has 2 fully saturated rings. The molecular weight excluding hydrogens is 140 g/mol. The molecule has 0 aromatic carbocycles. The second-order valence-electron chi connectivity index (χ2n) is 4.01. The minimum absolute atomic E-state index is 0.272. The standard InChI is InChI=1S/C9H16O2/c1-6-4-8(9(10)11-6)5-7-2-3-7/h6-10H,2-5H2,1H3. The van der Waals surface area contributed by atoms with Gasteiger partial charge in [-0.25, -0.2) is 0 Å². The van der Waals surface area contributed by atoms with Crippen LogP contribution in [0.3, 0.4) is 0 Å². The maximum absolute atomic E-state index is 9.41. The van der Waals surface area contributed by atoms with Gasteiger partial charge in [0.05, 0.1) is 6.10 Å². The van der Waals surface area contributed by atoms with Gasteiger partial charge in [-0.3, -0.25) is 0 Å². The van der Waals surface area contributed by atoms with Gasteiger partial charge in [-0.05, 0) is 25.7 Å². The van der Waals surface area contributed by atoms with Crippen LogP contribution >= 0.6 is 0 Å². The van der Waals surface area contributed by atoms with Gasteiger partial charge < -0.3 is 9.84 Å². The Morgan fingerprint density at radius 2 is 2.18 bits per heavy atom. The molecule has 0 amide bonds. The normalized spacial score (nSPS) is 44.7.